The Morgan fingerprint density at radius 3 is 2.48 bits per heavy atom. The number of carboxylic acids is 1. The highest BCUT2D eigenvalue weighted by atomic mass is 16.4. The van der Waals surface area contributed by atoms with Gasteiger partial charge in [-0.05, 0) is 38.3 Å². The van der Waals surface area contributed by atoms with Crippen LogP contribution in [-0.4, -0.2) is 39.5 Å². The normalized spacial score (nSPS) is 17.7. The molecule has 0 aliphatic carbocycles. The molecule has 1 fully saturated rings. The Bertz CT molecular complexity index is 513. The monoisotopic (exact) mass is 292 g/mol. The van der Waals surface area contributed by atoms with E-state index in [1.165, 1.54) is 0 Å². The summed E-state index contributed by atoms with van der Waals surface area (Å²) in [7, 11) is 0. The quantitative estimate of drug-likeness (QED) is 0.907. The molecular formula is C16H24N2O3. The molecule has 0 saturated carbocycles. The van der Waals surface area contributed by atoms with Crippen LogP contribution in [0.5, 0.6) is 0 Å². The first kappa shape index (κ1) is 15.6. The summed E-state index contributed by atoms with van der Waals surface area (Å²) in [6.45, 7) is 5.83. The molecule has 0 atom stereocenters. The first-order valence-corrected chi connectivity index (χ1v) is 7.72. The van der Waals surface area contributed by atoms with E-state index in [1.54, 1.807) is 4.90 Å². The van der Waals surface area contributed by atoms with Crippen molar-refractivity contribution in [3.8, 4) is 0 Å². The molecule has 5 heteroatoms. The van der Waals surface area contributed by atoms with Crippen molar-refractivity contribution in [1.82, 2.24) is 9.47 Å². The highest BCUT2D eigenvalue weighted by molar-refractivity contribution is 5.93. The molecule has 0 bridgehead atoms. The zero-order valence-electron chi connectivity index (χ0n) is 12.8. The minimum absolute atomic E-state index is 0.0114. The average molecular weight is 292 g/mol. The Kier molecular flexibility index (Phi) is 4.70. The van der Waals surface area contributed by atoms with Crippen LogP contribution < -0.4 is 0 Å². The van der Waals surface area contributed by atoms with Crippen molar-refractivity contribution in [3.63, 3.8) is 0 Å². The van der Waals surface area contributed by atoms with Crippen LogP contribution in [0.1, 0.15) is 50.0 Å². The summed E-state index contributed by atoms with van der Waals surface area (Å²) >= 11 is 0. The van der Waals surface area contributed by atoms with Crippen LogP contribution in [0.3, 0.4) is 0 Å². The molecule has 1 aromatic rings. The molecule has 116 valence electrons. The highest BCUT2D eigenvalue weighted by Crippen LogP contribution is 2.36. The number of nitrogens with zero attached hydrogens (tertiary/aromatic N) is 2. The molecule has 2 rings (SSSR count). The Hall–Kier alpha value is -1.78. The van der Waals surface area contributed by atoms with Crippen molar-refractivity contribution >= 4 is 11.9 Å². The molecule has 0 radical (unpaired) electrons. The molecule has 1 aliphatic heterocycles. The van der Waals surface area contributed by atoms with Gasteiger partial charge in [0.05, 0.1) is 5.41 Å². The number of aryl methyl sites for hydroxylation is 1. The van der Waals surface area contributed by atoms with Gasteiger partial charge in [-0.15, -0.1) is 0 Å². The summed E-state index contributed by atoms with van der Waals surface area (Å²) in [5.41, 5.74) is 0.0500. The van der Waals surface area contributed by atoms with Crippen molar-refractivity contribution in [1.29, 1.82) is 0 Å². The largest absolute Gasteiger partial charge is 0.481 e. The van der Waals surface area contributed by atoms with Crippen molar-refractivity contribution < 1.29 is 14.7 Å². The number of aromatic nitrogens is 1. The molecule has 1 aromatic heterocycles. The topological polar surface area (TPSA) is 62.5 Å². The van der Waals surface area contributed by atoms with Crippen LogP contribution in [-0.2, 0) is 11.3 Å². The number of carbonyl (C=O) groups is 2. The molecule has 0 spiro atoms. The molecule has 21 heavy (non-hydrogen) atoms. The van der Waals surface area contributed by atoms with E-state index in [9.17, 15) is 14.7 Å². The number of likely N-dealkylation sites (tertiary alicyclic amines) is 1. The summed E-state index contributed by atoms with van der Waals surface area (Å²) < 4.78 is 1.92. The van der Waals surface area contributed by atoms with E-state index in [0.717, 1.165) is 13.0 Å². The predicted octanol–water partition coefficient (Wildman–Crippen LogP) is 2.62. The maximum absolute atomic E-state index is 12.5. The number of carbonyl (C=O) groups excluding carboxylic acids is 1. The second kappa shape index (κ2) is 6.33. The number of amides is 1. The Morgan fingerprint density at radius 1 is 1.29 bits per heavy atom. The molecule has 1 N–H and O–H groups in total. The van der Waals surface area contributed by atoms with Gasteiger partial charge in [-0.25, -0.2) is 0 Å². The molecule has 0 aromatic carbocycles. The van der Waals surface area contributed by atoms with E-state index >= 15 is 0 Å². The summed E-state index contributed by atoms with van der Waals surface area (Å²) in [6.07, 6.45) is 4.55. The maximum Gasteiger partial charge on any atom is 0.309 e. The van der Waals surface area contributed by atoms with Crippen molar-refractivity contribution in [2.45, 2.75) is 46.1 Å². The molecule has 0 unspecified atom stereocenters. The lowest BCUT2D eigenvalue weighted by atomic mass is 9.75. The summed E-state index contributed by atoms with van der Waals surface area (Å²) in [5.74, 6) is -0.703. The Morgan fingerprint density at radius 2 is 1.95 bits per heavy atom. The fourth-order valence-corrected chi connectivity index (χ4v) is 3.23. The minimum Gasteiger partial charge on any atom is -0.481 e. The Labute approximate surface area is 125 Å². The fraction of sp³-hybridized carbons (Fsp3) is 0.625. The minimum atomic E-state index is -0.714. The van der Waals surface area contributed by atoms with Crippen LogP contribution in [0.15, 0.2) is 18.3 Å². The number of hydrogen-bond acceptors (Lipinski definition) is 2. The second-order valence-electron chi connectivity index (χ2n) is 5.81. The van der Waals surface area contributed by atoms with Gasteiger partial charge in [-0.3, -0.25) is 9.59 Å². The Balaban J connectivity index is 2.07. The van der Waals surface area contributed by atoms with E-state index in [1.807, 2.05) is 36.7 Å². The van der Waals surface area contributed by atoms with Gasteiger partial charge in [0.1, 0.15) is 5.69 Å². The van der Waals surface area contributed by atoms with Gasteiger partial charge in [-0.2, -0.15) is 0 Å². The smallest absolute Gasteiger partial charge is 0.309 e. The van der Waals surface area contributed by atoms with Crippen LogP contribution in [0.25, 0.3) is 0 Å². The van der Waals surface area contributed by atoms with E-state index in [-0.39, 0.29) is 5.91 Å². The standard InChI is InChI=1S/C16H24N2O3/c1-3-7-16(15(20)21)8-11-18(12-9-16)14(19)13-6-5-10-17(13)4-2/h5-6,10H,3-4,7-9,11-12H2,1-2H3,(H,20,21). The summed E-state index contributed by atoms with van der Waals surface area (Å²) in [4.78, 5) is 25.9. The fourth-order valence-electron chi connectivity index (χ4n) is 3.23. The van der Waals surface area contributed by atoms with E-state index in [2.05, 4.69) is 0 Å². The third kappa shape index (κ3) is 2.96. The summed E-state index contributed by atoms with van der Waals surface area (Å²) in [6, 6.07) is 3.70. The van der Waals surface area contributed by atoms with Gasteiger partial charge in [0.25, 0.3) is 5.91 Å². The molecular weight excluding hydrogens is 268 g/mol. The van der Waals surface area contributed by atoms with Gasteiger partial charge < -0.3 is 14.6 Å². The lowest BCUT2D eigenvalue weighted by Gasteiger charge is -2.38. The molecule has 2 heterocycles. The van der Waals surface area contributed by atoms with Crippen molar-refractivity contribution in [2.24, 2.45) is 5.41 Å². The second-order valence-corrected chi connectivity index (χ2v) is 5.81. The van der Waals surface area contributed by atoms with E-state index in [0.29, 0.717) is 38.0 Å². The average Bonchev–Trinajstić information content (AvgIpc) is 2.96. The number of carboxylic acid groups (broad SMARTS) is 1. The maximum atomic E-state index is 12.5. The number of piperidine rings is 1. The zero-order valence-corrected chi connectivity index (χ0v) is 12.8. The van der Waals surface area contributed by atoms with Gasteiger partial charge in [0.15, 0.2) is 0 Å². The van der Waals surface area contributed by atoms with Gasteiger partial charge >= 0.3 is 5.97 Å². The molecule has 1 amide bonds. The predicted molar refractivity (Wildman–Crippen MR) is 80.2 cm³/mol. The van der Waals surface area contributed by atoms with Crippen molar-refractivity contribution in [2.75, 3.05) is 13.1 Å². The molecule has 1 saturated heterocycles. The van der Waals surface area contributed by atoms with Crippen LogP contribution in [0, 0.1) is 5.41 Å². The third-order valence-corrected chi connectivity index (χ3v) is 4.58. The third-order valence-electron chi connectivity index (χ3n) is 4.58. The SMILES string of the molecule is CCCC1(C(=O)O)CCN(C(=O)c2cccn2CC)CC1. The van der Waals surface area contributed by atoms with E-state index in [4.69, 9.17) is 0 Å². The van der Waals surface area contributed by atoms with E-state index < -0.39 is 11.4 Å². The molecule has 5 nitrogen and oxygen atoms in total. The first-order chi connectivity index (χ1) is 10.0. The lowest BCUT2D eigenvalue weighted by molar-refractivity contribution is -0.152. The number of hydrogen-bond donors (Lipinski definition) is 1. The lowest BCUT2D eigenvalue weighted by Crippen LogP contribution is -2.46. The highest BCUT2D eigenvalue weighted by Gasteiger charge is 2.41. The van der Waals surface area contributed by atoms with Crippen LogP contribution >= 0.6 is 0 Å². The zero-order chi connectivity index (χ0) is 15.5. The van der Waals surface area contributed by atoms with Crippen LogP contribution in [0.4, 0.5) is 0 Å². The first-order valence-electron chi connectivity index (χ1n) is 7.72. The number of rotatable bonds is 5. The van der Waals surface area contributed by atoms with Crippen LogP contribution in [0.2, 0.25) is 0 Å². The molecule has 1 aliphatic rings. The van der Waals surface area contributed by atoms with Gasteiger partial charge in [-0.1, -0.05) is 13.3 Å². The van der Waals surface area contributed by atoms with Gasteiger partial charge in [0, 0.05) is 25.8 Å². The van der Waals surface area contributed by atoms with Crippen molar-refractivity contribution in [3.05, 3.63) is 24.0 Å². The summed E-state index contributed by atoms with van der Waals surface area (Å²) in [5, 5.41) is 9.50. The van der Waals surface area contributed by atoms with Gasteiger partial charge in [0.2, 0.25) is 0 Å². The number of aliphatic carboxylic acids is 1.